The second-order valence-electron chi connectivity index (χ2n) is 7.17. The molecule has 1 N–H and O–H groups in total. The summed E-state index contributed by atoms with van der Waals surface area (Å²) in [7, 11) is 5.25. The number of nitrogens with zero attached hydrogens (tertiary/aromatic N) is 1. The van der Waals surface area contributed by atoms with Crippen LogP contribution in [0.4, 0.5) is 0 Å². The van der Waals surface area contributed by atoms with E-state index in [-0.39, 0.29) is 35.3 Å². The maximum atomic E-state index is 12.6. The molecule has 4 rings (SSSR count). The molecule has 0 radical (unpaired) electrons. The number of carbonyl (C=O) groups excluding carboxylic acids is 1. The molecule has 2 aliphatic carbocycles. The number of likely N-dealkylation sites (N-methyl/N-ethyl adjacent to an activating group) is 1. The number of fused-ring (bicyclic) bond motifs is 1. The number of carbonyl (C=O) groups is 1. The Morgan fingerprint density at radius 3 is 2.72 bits per heavy atom. The van der Waals surface area contributed by atoms with Crippen molar-refractivity contribution < 1.29 is 19.4 Å². The van der Waals surface area contributed by atoms with Crippen molar-refractivity contribution in [2.75, 3.05) is 27.8 Å². The second-order valence-corrected chi connectivity index (χ2v) is 7.17. The molecule has 3 atom stereocenters. The minimum Gasteiger partial charge on any atom is -0.504 e. The lowest BCUT2D eigenvalue weighted by Crippen LogP contribution is -2.60. The number of rotatable bonds is 2. The van der Waals surface area contributed by atoms with E-state index in [0.717, 1.165) is 30.5 Å². The summed E-state index contributed by atoms with van der Waals surface area (Å²) in [4.78, 5) is 15.0. The number of aromatic hydroxyl groups is 1. The molecule has 3 aliphatic rings. The molecule has 0 saturated carbocycles. The predicted octanol–water partition coefficient (Wildman–Crippen LogP) is 2.44. The minimum absolute atomic E-state index is 0. The monoisotopic (exact) mass is 365 g/mol. The van der Waals surface area contributed by atoms with Crippen LogP contribution >= 0.6 is 12.4 Å². The average Bonchev–Trinajstić information content (AvgIpc) is 2.57. The summed E-state index contributed by atoms with van der Waals surface area (Å²) in [6, 6.07) is 4.18. The summed E-state index contributed by atoms with van der Waals surface area (Å²) in [6.45, 7) is 0.917. The van der Waals surface area contributed by atoms with Crippen molar-refractivity contribution in [1.82, 2.24) is 4.90 Å². The number of Topliss-reactive ketones (excluding diaryl/α,β-unsaturated/α-hetero) is 1. The quantitative estimate of drug-likeness (QED) is 0.872. The zero-order valence-corrected chi connectivity index (χ0v) is 15.6. The molecule has 0 spiro atoms. The summed E-state index contributed by atoms with van der Waals surface area (Å²) >= 11 is 0. The number of ether oxygens (including phenoxy) is 2. The third-order valence-corrected chi connectivity index (χ3v) is 6.21. The van der Waals surface area contributed by atoms with E-state index in [1.807, 2.05) is 18.2 Å². The summed E-state index contributed by atoms with van der Waals surface area (Å²) in [5.41, 5.74) is 1.68. The fourth-order valence-corrected chi connectivity index (χ4v) is 5.03. The van der Waals surface area contributed by atoms with Crippen molar-refractivity contribution in [2.45, 2.75) is 30.7 Å². The van der Waals surface area contributed by atoms with Crippen LogP contribution in [0.5, 0.6) is 11.5 Å². The number of benzene rings is 1. The lowest BCUT2D eigenvalue weighted by Gasteiger charge is -2.56. The van der Waals surface area contributed by atoms with Crippen LogP contribution in [0.2, 0.25) is 0 Å². The van der Waals surface area contributed by atoms with Crippen LogP contribution in [0.1, 0.15) is 24.0 Å². The van der Waals surface area contributed by atoms with Gasteiger partial charge in [0.2, 0.25) is 0 Å². The number of ketones is 1. The van der Waals surface area contributed by atoms with E-state index in [9.17, 15) is 9.90 Å². The summed E-state index contributed by atoms with van der Waals surface area (Å²) < 4.78 is 10.6. The molecular formula is C19H24ClNO4. The maximum Gasteiger partial charge on any atom is 0.197 e. The molecule has 1 fully saturated rings. The first-order chi connectivity index (χ1) is 11.5. The predicted molar refractivity (Wildman–Crippen MR) is 96.5 cm³/mol. The molecule has 25 heavy (non-hydrogen) atoms. The molecule has 2 bridgehead atoms. The Morgan fingerprint density at radius 1 is 1.28 bits per heavy atom. The number of piperidine rings is 1. The van der Waals surface area contributed by atoms with Crippen LogP contribution in [0.3, 0.4) is 0 Å². The van der Waals surface area contributed by atoms with Crippen molar-refractivity contribution in [3.05, 3.63) is 35.1 Å². The van der Waals surface area contributed by atoms with Gasteiger partial charge in [-0.25, -0.2) is 0 Å². The highest BCUT2D eigenvalue weighted by Crippen LogP contribution is 2.57. The second kappa shape index (κ2) is 6.22. The Bertz CT molecular complexity index is 747. The highest BCUT2D eigenvalue weighted by molar-refractivity contribution is 5.96. The first-order valence-corrected chi connectivity index (χ1v) is 8.40. The number of allylic oxidation sites excluding steroid dienone is 1. The van der Waals surface area contributed by atoms with Gasteiger partial charge in [-0.1, -0.05) is 6.07 Å². The topological polar surface area (TPSA) is 59.0 Å². The van der Waals surface area contributed by atoms with Gasteiger partial charge in [0.25, 0.3) is 0 Å². The van der Waals surface area contributed by atoms with Crippen molar-refractivity contribution in [1.29, 1.82) is 0 Å². The van der Waals surface area contributed by atoms with Crippen LogP contribution < -0.4 is 4.74 Å². The Kier molecular flexibility index (Phi) is 4.50. The van der Waals surface area contributed by atoms with E-state index in [0.29, 0.717) is 24.0 Å². The van der Waals surface area contributed by atoms with Crippen molar-refractivity contribution >= 4 is 18.2 Å². The van der Waals surface area contributed by atoms with E-state index in [4.69, 9.17) is 9.47 Å². The van der Waals surface area contributed by atoms with Crippen LogP contribution in [0.15, 0.2) is 24.0 Å². The molecular weight excluding hydrogens is 342 g/mol. The van der Waals surface area contributed by atoms with E-state index >= 15 is 0 Å². The molecule has 1 saturated heterocycles. The van der Waals surface area contributed by atoms with Gasteiger partial charge in [0.15, 0.2) is 23.0 Å². The Balaban J connectivity index is 0.00000182. The Labute approximate surface area is 154 Å². The molecule has 0 aromatic heterocycles. The van der Waals surface area contributed by atoms with Crippen LogP contribution in [-0.2, 0) is 21.4 Å². The fraction of sp³-hybridized carbons (Fsp3) is 0.526. The third kappa shape index (κ3) is 2.36. The van der Waals surface area contributed by atoms with Gasteiger partial charge in [-0.3, -0.25) is 4.79 Å². The van der Waals surface area contributed by atoms with E-state index in [1.165, 1.54) is 0 Å². The van der Waals surface area contributed by atoms with E-state index in [1.54, 1.807) is 14.2 Å². The standard InChI is InChI=1S/C19H23NO4.ClH/c1-20-7-6-19-10-14(21)16(24-3)9-12(19)13(20)8-11-4-5-15(23-2)18(22)17(11)19;/h4-5,9,12-13,22H,6-8,10H2,1-3H3;1H/t12-,13+,19-;/m0./s1. The maximum absolute atomic E-state index is 12.6. The van der Waals surface area contributed by atoms with E-state index in [2.05, 4.69) is 11.9 Å². The lowest BCUT2D eigenvalue weighted by molar-refractivity contribution is -0.122. The zero-order valence-electron chi connectivity index (χ0n) is 14.7. The van der Waals surface area contributed by atoms with Crippen LogP contribution in [-0.4, -0.2) is 49.6 Å². The van der Waals surface area contributed by atoms with Crippen molar-refractivity contribution in [3.8, 4) is 11.5 Å². The van der Waals surface area contributed by atoms with Crippen LogP contribution in [0.25, 0.3) is 0 Å². The minimum atomic E-state index is -0.359. The van der Waals surface area contributed by atoms with Gasteiger partial charge < -0.3 is 19.5 Å². The number of hydrogen-bond acceptors (Lipinski definition) is 5. The van der Waals surface area contributed by atoms with Gasteiger partial charge in [0, 0.05) is 29.4 Å². The Morgan fingerprint density at radius 2 is 2.04 bits per heavy atom. The average molecular weight is 366 g/mol. The molecule has 6 heteroatoms. The molecule has 136 valence electrons. The molecule has 1 heterocycles. The first kappa shape index (κ1) is 18.1. The van der Waals surface area contributed by atoms with Gasteiger partial charge in [0.1, 0.15) is 0 Å². The van der Waals surface area contributed by atoms with Gasteiger partial charge in [-0.05, 0) is 44.1 Å². The van der Waals surface area contributed by atoms with E-state index < -0.39 is 0 Å². The summed E-state index contributed by atoms with van der Waals surface area (Å²) in [5.74, 6) is 1.32. The number of phenolic OH excluding ortho intramolecular Hbond substituents is 1. The normalized spacial score (nSPS) is 30.5. The molecule has 0 unspecified atom stereocenters. The number of halogens is 1. The molecule has 0 amide bonds. The molecule has 1 aromatic rings. The Hall–Kier alpha value is -1.72. The summed E-state index contributed by atoms with van der Waals surface area (Å²) in [6.07, 6.45) is 4.08. The molecule has 5 nitrogen and oxygen atoms in total. The SMILES string of the molecule is COC1=C[C@H]2[C@H]3Cc4ccc(OC)c(O)c4[C@@]2(CCN3C)CC1=O.Cl. The number of methoxy groups -OCH3 is 2. The highest BCUT2D eigenvalue weighted by atomic mass is 35.5. The largest absolute Gasteiger partial charge is 0.504 e. The van der Waals surface area contributed by atoms with Gasteiger partial charge >= 0.3 is 0 Å². The summed E-state index contributed by atoms with van der Waals surface area (Å²) in [5, 5.41) is 10.9. The third-order valence-electron chi connectivity index (χ3n) is 6.21. The molecule has 1 aromatic carbocycles. The van der Waals surface area contributed by atoms with Gasteiger partial charge in [-0.2, -0.15) is 0 Å². The number of phenols is 1. The van der Waals surface area contributed by atoms with Gasteiger partial charge in [-0.15, -0.1) is 12.4 Å². The van der Waals surface area contributed by atoms with Crippen molar-refractivity contribution in [2.24, 2.45) is 5.92 Å². The first-order valence-electron chi connectivity index (χ1n) is 8.40. The molecule has 1 aliphatic heterocycles. The van der Waals surface area contributed by atoms with Gasteiger partial charge in [0.05, 0.1) is 14.2 Å². The smallest absolute Gasteiger partial charge is 0.197 e. The van der Waals surface area contributed by atoms with Crippen molar-refractivity contribution in [3.63, 3.8) is 0 Å². The highest BCUT2D eigenvalue weighted by Gasteiger charge is 2.56. The zero-order chi connectivity index (χ0) is 17.1. The fourth-order valence-electron chi connectivity index (χ4n) is 5.03. The number of likely N-dealkylation sites (tertiary alicyclic amines) is 1. The number of hydrogen-bond donors (Lipinski definition) is 1. The lowest BCUT2D eigenvalue weighted by atomic mass is 9.53. The van der Waals surface area contributed by atoms with Crippen LogP contribution in [0, 0.1) is 5.92 Å².